The maximum atomic E-state index is 14.1. The van der Waals surface area contributed by atoms with Crippen LogP contribution in [0.4, 0.5) is 0 Å². The van der Waals surface area contributed by atoms with Gasteiger partial charge in [-0.2, -0.15) is 5.11 Å². The van der Waals surface area contributed by atoms with Crippen molar-refractivity contribution in [2.75, 3.05) is 33.5 Å². The molecule has 5 aliphatic rings. The lowest BCUT2D eigenvalue weighted by molar-refractivity contribution is -0.0253. The summed E-state index contributed by atoms with van der Waals surface area (Å²) in [6, 6.07) is 7.44. The highest BCUT2D eigenvalue weighted by Gasteiger charge is 2.47. The molecule has 184 valence electrons. The zero-order chi connectivity index (χ0) is 24.4. The van der Waals surface area contributed by atoms with Crippen LogP contribution in [0.25, 0.3) is 5.57 Å². The van der Waals surface area contributed by atoms with E-state index in [1.165, 1.54) is 0 Å². The average Bonchev–Trinajstić information content (AvgIpc) is 3.51. The lowest BCUT2D eigenvalue weighted by Crippen LogP contribution is -2.37. The van der Waals surface area contributed by atoms with Gasteiger partial charge >= 0.3 is 0 Å². The fourth-order valence-corrected chi connectivity index (χ4v) is 5.70. The molecule has 0 N–H and O–H groups in total. The maximum absolute atomic E-state index is 14.1. The van der Waals surface area contributed by atoms with E-state index >= 15 is 0 Å². The predicted molar refractivity (Wildman–Crippen MR) is 132 cm³/mol. The van der Waals surface area contributed by atoms with Gasteiger partial charge in [-0.3, -0.25) is 14.7 Å². The molecule has 9 nitrogen and oxygen atoms in total. The third-order valence-corrected chi connectivity index (χ3v) is 7.75. The molecule has 0 bridgehead atoms. The monoisotopic (exact) mass is 504 g/mol. The van der Waals surface area contributed by atoms with Gasteiger partial charge < -0.3 is 14.0 Å². The minimum absolute atomic E-state index is 0.0262. The molecule has 1 amide bonds. The highest BCUT2D eigenvalue weighted by molar-refractivity contribution is 6.30. The summed E-state index contributed by atoms with van der Waals surface area (Å²) >= 11 is 6.25. The van der Waals surface area contributed by atoms with E-state index in [1.807, 2.05) is 53.4 Å². The Morgan fingerprint density at radius 3 is 2.69 bits per heavy atom. The van der Waals surface area contributed by atoms with Gasteiger partial charge in [0.05, 0.1) is 44.2 Å². The topological polar surface area (TPSA) is 84.5 Å². The third kappa shape index (κ3) is 3.30. The van der Waals surface area contributed by atoms with Crippen molar-refractivity contribution in [2.45, 2.75) is 30.6 Å². The van der Waals surface area contributed by atoms with Crippen LogP contribution in [0.5, 0.6) is 0 Å². The van der Waals surface area contributed by atoms with Gasteiger partial charge in [0.1, 0.15) is 17.9 Å². The number of carbonyl (C=O) groups is 1. The van der Waals surface area contributed by atoms with Crippen molar-refractivity contribution in [1.82, 2.24) is 19.5 Å². The second-order valence-corrected chi connectivity index (χ2v) is 10.1. The molecule has 10 heteroatoms. The standard InChI is InChI=1S/C26H25ClN6O3/c1-31-21-12-18(6-7-20(21)29-30-31)33-23(15-2-4-17(27)5-3-15)24-22(26(33)34)28-25(16-8-10-35-11-9-16)32(24)19-13-36-14-19/h2-8,12,19-21,23H,9-11,13-14H2,1H3. The molecule has 3 atom stereocenters. The Bertz CT molecular complexity index is 1360. The number of carbonyl (C=O) groups excluding carboxylic acids is 1. The van der Waals surface area contributed by atoms with E-state index in [0.29, 0.717) is 37.1 Å². The number of imidazole rings is 1. The molecule has 0 radical (unpaired) electrons. The summed E-state index contributed by atoms with van der Waals surface area (Å²) < 4.78 is 13.4. The smallest absolute Gasteiger partial charge is 0.279 e. The van der Waals surface area contributed by atoms with Gasteiger partial charge in [0.2, 0.25) is 0 Å². The molecule has 1 aromatic carbocycles. The SMILES string of the molecule is CN1N=NC2C=CC(N3C(=O)c4nc(C5=CCOCC5)n(C5COC5)c4C3c3ccc(Cl)cc3)=CC21. The van der Waals surface area contributed by atoms with Gasteiger partial charge in [-0.15, -0.1) is 0 Å². The first kappa shape index (κ1) is 22.0. The molecular formula is C26H25ClN6O3. The quantitative estimate of drug-likeness (QED) is 0.629. The molecular weight excluding hydrogens is 480 g/mol. The van der Waals surface area contributed by atoms with E-state index in [4.69, 9.17) is 26.1 Å². The Morgan fingerprint density at radius 2 is 1.97 bits per heavy atom. The van der Waals surface area contributed by atoms with Crippen LogP contribution in [-0.4, -0.2) is 70.9 Å². The van der Waals surface area contributed by atoms with Gasteiger partial charge in [-0.25, -0.2) is 4.98 Å². The van der Waals surface area contributed by atoms with Crippen molar-refractivity contribution in [3.8, 4) is 0 Å². The van der Waals surface area contributed by atoms with Crippen molar-refractivity contribution < 1.29 is 14.3 Å². The number of likely N-dealkylation sites (N-methyl/N-ethyl adjacent to an activating group) is 1. The summed E-state index contributed by atoms with van der Waals surface area (Å²) in [4.78, 5) is 21.0. The molecule has 36 heavy (non-hydrogen) atoms. The Labute approximate surface area is 213 Å². The van der Waals surface area contributed by atoms with Crippen LogP contribution in [0.15, 0.2) is 64.6 Å². The summed E-state index contributed by atoms with van der Waals surface area (Å²) in [6.45, 7) is 2.40. The van der Waals surface area contributed by atoms with E-state index < -0.39 is 0 Å². The number of hydrogen-bond acceptors (Lipinski definition) is 7. The van der Waals surface area contributed by atoms with Gasteiger partial charge in [-0.1, -0.05) is 41.1 Å². The van der Waals surface area contributed by atoms with Crippen LogP contribution in [0, 0.1) is 0 Å². The molecule has 0 saturated carbocycles. The molecule has 3 unspecified atom stereocenters. The van der Waals surface area contributed by atoms with Crippen LogP contribution >= 0.6 is 11.6 Å². The molecule has 1 aliphatic carbocycles. The summed E-state index contributed by atoms with van der Waals surface area (Å²) in [5.41, 5.74) is 4.32. The van der Waals surface area contributed by atoms with Crippen LogP contribution in [0.2, 0.25) is 5.02 Å². The number of fused-ring (bicyclic) bond motifs is 2. The highest BCUT2D eigenvalue weighted by Crippen LogP contribution is 2.46. The lowest BCUT2D eigenvalue weighted by atomic mass is 9.98. The van der Waals surface area contributed by atoms with Gasteiger partial charge in [-0.05, 0) is 41.8 Å². The predicted octanol–water partition coefficient (Wildman–Crippen LogP) is 3.96. The van der Waals surface area contributed by atoms with Gasteiger partial charge in [0.15, 0.2) is 5.69 Å². The van der Waals surface area contributed by atoms with E-state index in [9.17, 15) is 4.79 Å². The molecule has 5 heterocycles. The summed E-state index contributed by atoms with van der Waals surface area (Å²) in [5.74, 6) is 0.742. The number of benzene rings is 1. The Hall–Kier alpha value is -3.27. The van der Waals surface area contributed by atoms with Crippen LogP contribution < -0.4 is 0 Å². The number of allylic oxidation sites excluding steroid dienone is 1. The van der Waals surface area contributed by atoms with Crippen molar-refractivity contribution in [3.63, 3.8) is 0 Å². The van der Waals surface area contributed by atoms with E-state index in [1.54, 1.807) is 0 Å². The zero-order valence-corrected chi connectivity index (χ0v) is 20.5. The summed E-state index contributed by atoms with van der Waals surface area (Å²) in [5, 5.41) is 11.0. The highest BCUT2D eigenvalue weighted by atomic mass is 35.5. The van der Waals surface area contributed by atoms with E-state index in [2.05, 4.69) is 27.1 Å². The second-order valence-electron chi connectivity index (χ2n) is 9.62. The Morgan fingerprint density at radius 1 is 1.14 bits per heavy atom. The summed E-state index contributed by atoms with van der Waals surface area (Å²) in [6.07, 6.45) is 8.91. The largest absolute Gasteiger partial charge is 0.377 e. The second kappa shape index (κ2) is 8.40. The molecule has 1 aromatic heterocycles. The van der Waals surface area contributed by atoms with Crippen molar-refractivity contribution in [1.29, 1.82) is 0 Å². The molecule has 1 saturated heterocycles. The van der Waals surface area contributed by atoms with Crippen LogP contribution in [0.1, 0.15) is 46.1 Å². The number of aromatic nitrogens is 2. The fourth-order valence-electron chi connectivity index (χ4n) is 5.57. The molecule has 0 spiro atoms. The minimum atomic E-state index is -0.347. The number of amides is 1. The fraction of sp³-hybridized carbons (Fsp3) is 0.385. The number of ether oxygens (including phenoxy) is 2. The average molecular weight is 505 g/mol. The first-order chi connectivity index (χ1) is 17.6. The Balaban J connectivity index is 1.40. The van der Waals surface area contributed by atoms with Crippen LogP contribution in [-0.2, 0) is 9.47 Å². The van der Waals surface area contributed by atoms with Gasteiger partial charge in [0.25, 0.3) is 5.91 Å². The van der Waals surface area contributed by atoms with Crippen molar-refractivity contribution in [3.05, 3.63) is 82.1 Å². The van der Waals surface area contributed by atoms with E-state index in [0.717, 1.165) is 34.8 Å². The zero-order valence-electron chi connectivity index (χ0n) is 19.7. The first-order valence-electron chi connectivity index (χ1n) is 12.2. The minimum Gasteiger partial charge on any atom is -0.377 e. The van der Waals surface area contributed by atoms with E-state index in [-0.39, 0.29) is 30.1 Å². The first-order valence-corrected chi connectivity index (χ1v) is 12.6. The normalized spacial score (nSPS) is 27.2. The molecule has 7 rings (SSSR count). The number of halogens is 1. The van der Waals surface area contributed by atoms with Crippen LogP contribution in [0.3, 0.4) is 0 Å². The number of nitrogens with zero attached hydrogens (tertiary/aromatic N) is 6. The Kier molecular flexibility index (Phi) is 5.13. The molecule has 4 aliphatic heterocycles. The number of hydrogen-bond donors (Lipinski definition) is 0. The lowest BCUT2D eigenvalue weighted by Gasteiger charge is -2.35. The third-order valence-electron chi connectivity index (χ3n) is 7.50. The summed E-state index contributed by atoms with van der Waals surface area (Å²) in [7, 11) is 1.90. The number of rotatable bonds is 4. The molecule has 1 fully saturated rings. The maximum Gasteiger partial charge on any atom is 0.279 e. The van der Waals surface area contributed by atoms with Crippen molar-refractivity contribution in [2.24, 2.45) is 10.3 Å². The van der Waals surface area contributed by atoms with Gasteiger partial charge in [0, 0.05) is 17.8 Å². The van der Waals surface area contributed by atoms with Crippen molar-refractivity contribution >= 4 is 23.1 Å². The molecule has 2 aromatic rings.